The topological polar surface area (TPSA) is 189 Å². The molecule has 1 fully saturated rings. The van der Waals surface area contributed by atoms with Crippen LogP contribution in [0.15, 0.2) is 57.7 Å². The maximum absolute atomic E-state index is 13.6. The van der Waals surface area contributed by atoms with E-state index in [1.807, 2.05) is 0 Å². The van der Waals surface area contributed by atoms with Gasteiger partial charge in [-0.1, -0.05) is 70.1 Å². The summed E-state index contributed by atoms with van der Waals surface area (Å²) in [5.74, 6) is -4.83. The van der Waals surface area contributed by atoms with Gasteiger partial charge in [-0.25, -0.2) is 9.59 Å². The predicted octanol–water partition coefficient (Wildman–Crippen LogP) is 5.99. The van der Waals surface area contributed by atoms with E-state index in [0.717, 1.165) is 47.0 Å². The minimum Gasteiger partial charge on any atom is -0.493 e. The van der Waals surface area contributed by atoms with Gasteiger partial charge < -0.3 is 42.3 Å². The van der Waals surface area contributed by atoms with Crippen molar-refractivity contribution >= 4 is 40.8 Å². The van der Waals surface area contributed by atoms with Crippen LogP contribution in [0, 0.1) is 0 Å². The number of ether oxygens (including phenoxy) is 8. The molecule has 1 aliphatic rings. The zero-order valence-corrected chi connectivity index (χ0v) is 31.7. The average Bonchev–Trinajstić information content (AvgIpc) is 3.13. The Hall–Kier alpha value is -5.44. The molecular formula is C40H48O15. The van der Waals surface area contributed by atoms with Crippen molar-refractivity contribution in [2.45, 2.75) is 117 Å². The van der Waals surface area contributed by atoms with Crippen molar-refractivity contribution in [2.24, 2.45) is 0 Å². The van der Waals surface area contributed by atoms with Crippen molar-refractivity contribution in [3.05, 3.63) is 64.5 Å². The molecule has 0 bridgehead atoms. The van der Waals surface area contributed by atoms with Crippen LogP contribution in [0.25, 0.3) is 11.0 Å². The molecule has 0 unspecified atom stereocenters. The molecule has 4 rings (SSSR count). The fourth-order valence-electron chi connectivity index (χ4n) is 5.98. The highest BCUT2D eigenvalue weighted by Gasteiger charge is 2.53. The summed E-state index contributed by atoms with van der Waals surface area (Å²) in [7, 11) is 0. The third-order valence-corrected chi connectivity index (χ3v) is 8.45. The van der Waals surface area contributed by atoms with Gasteiger partial charge in [-0.2, -0.15) is 0 Å². The van der Waals surface area contributed by atoms with E-state index in [0.29, 0.717) is 12.4 Å². The number of carbonyl (C=O) groups is 5. The first-order valence-corrected chi connectivity index (χ1v) is 18.4. The molecule has 0 aliphatic carbocycles. The zero-order chi connectivity index (χ0) is 39.9. The highest BCUT2D eigenvalue weighted by molar-refractivity contribution is 5.93. The van der Waals surface area contributed by atoms with E-state index < -0.39 is 78.5 Å². The molecule has 298 valence electrons. The van der Waals surface area contributed by atoms with Gasteiger partial charge in [0.2, 0.25) is 12.4 Å². The van der Waals surface area contributed by atoms with Gasteiger partial charge in [-0.15, -0.1) is 0 Å². The van der Waals surface area contributed by atoms with Gasteiger partial charge in [-0.05, 0) is 30.7 Å². The fourth-order valence-corrected chi connectivity index (χ4v) is 5.98. The Labute approximate surface area is 318 Å². The Kier molecular flexibility index (Phi) is 16.0. The maximum Gasteiger partial charge on any atom is 0.383 e. The minimum atomic E-state index is -1.75. The lowest BCUT2D eigenvalue weighted by molar-refractivity contribution is -0.288. The van der Waals surface area contributed by atoms with Crippen LogP contribution in [0.3, 0.4) is 0 Å². The summed E-state index contributed by atoms with van der Waals surface area (Å²) in [5, 5.41) is 0.114. The SMILES string of the molecule is CCCCCCCCCCOc1ccc2c(O[C@H]3O[C@H](COC(C)=O)[C@@H](OC(C)=O)[C@H](OC(C)=O)[C@@H]3OC(C)=O)c(OC(=O)c3ccccc3)c(=O)oc2c1. The Morgan fingerprint density at radius 2 is 1.31 bits per heavy atom. The lowest BCUT2D eigenvalue weighted by Gasteiger charge is -2.44. The number of esters is 5. The second kappa shape index (κ2) is 20.9. The van der Waals surface area contributed by atoms with Crippen molar-refractivity contribution in [3.63, 3.8) is 0 Å². The summed E-state index contributed by atoms with van der Waals surface area (Å²) in [6.45, 7) is 6.46. The van der Waals surface area contributed by atoms with Crippen LogP contribution >= 0.6 is 0 Å². The summed E-state index contributed by atoms with van der Waals surface area (Å²) < 4.78 is 51.1. The van der Waals surface area contributed by atoms with Gasteiger partial charge in [0.1, 0.15) is 24.0 Å². The first-order valence-electron chi connectivity index (χ1n) is 18.4. The number of hydrogen-bond acceptors (Lipinski definition) is 15. The van der Waals surface area contributed by atoms with E-state index in [2.05, 4.69) is 6.92 Å². The van der Waals surface area contributed by atoms with Crippen molar-refractivity contribution in [1.82, 2.24) is 0 Å². The number of benzene rings is 2. The van der Waals surface area contributed by atoms with Gasteiger partial charge in [0.05, 0.1) is 17.6 Å². The fraction of sp³-hybridized carbons (Fsp3) is 0.500. The van der Waals surface area contributed by atoms with Gasteiger partial charge >= 0.3 is 35.5 Å². The smallest absolute Gasteiger partial charge is 0.383 e. The van der Waals surface area contributed by atoms with Gasteiger partial charge in [-0.3, -0.25) is 19.2 Å². The molecule has 1 aromatic heterocycles. The Morgan fingerprint density at radius 3 is 1.95 bits per heavy atom. The maximum atomic E-state index is 13.6. The zero-order valence-electron chi connectivity index (χ0n) is 31.7. The molecule has 0 amide bonds. The second-order valence-corrected chi connectivity index (χ2v) is 13.0. The number of unbranched alkanes of at least 4 members (excludes halogenated alkanes) is 7. The van der Waals surface area contributed by atoms with Crippen LogP contribution in [0.2, 0.25) is 0 Å². The van der Waals surface area contributed by atoms with Crippen molar-refractivity contribution in [1.29, 1.82) is 0 Å². The van der Waals surface area contributed by atoms with Crippen LogP contribution in [-0.4, -0.2) is 73.8 Å². The molecule has 1 aliphatic heterocycles. The average molecular weight is 769 g/mol. The van der Waals surface area contributed by atoms with E-state index in [-0.39, 0.29) is 22.3 Å². The summed E-state index contributed by atoms with van der Waals surface area (Å²) in [5.41, 5.74) is -1.03. The van der Waals surface area contributed by atoms with Crippen LogP contribution < -0.4 is 19.8 Å². The summed E-state index contributed by atoms with van der Waals surface area (Å²) in [6.07, 6.45) is 1.20. The van der Waals surface area contributed by atoms with E-state index in [4.69, 9.17) is 42.3 Å². The monoisotopic (exact) mass is 768 g/mol. The molecule has 15 heteroatoms. The molecule has 1 saturated heterocycles. The lowest BCUT2D eigenvalue weighted by Crippen LogP contribution is -2.63. The molecule has 0 radical (unpaired) electrons. The molecule has 0 spiro atoms. The van der Waals surface area contributed by atoms with Crippen molar-refractivity contribution in [3.8, 4) is 17.2 Å². The minimum absolute atomic E-state index is 0.0152. The molecular weight excluding hydrogens is 720 g/mol. The van der Waals surface area contributed by atoms with E-state index in [1.54, 1.807) is 24.3 Å². The molecule has 55 heavy (non-hydrogen) atoms. The molecule has 0 saturated carbocycles. The molecule has 3 aromatic rings. The van der Waals surface area contributed by atoms with Crippen molar-refractivity contribution in [2.75, 3.05) is 13.2 Å². The summed E-state index contributed by atoms with van der Waals surface area (Å²) in [6, 6.07) is 12.4. The quantitative estimate of drug-likeness (QED) is 0.0598. The van der Waals surface area contributed by atoms with Crippen LogP contribution in [0.5, 0.6) is 17.2 Å². The highest BCUT2D eigenvalue weighted by Crippen LogP contribution is 2.39. The van der Waals surface area contributed by atoms with Crippen LogP contribution in [0.1, 0.15) is 96.3 Å². The highest BCUT2D eigenvalue weighted by atomic mass is 16.7. The van der Waals surface area contributed by atoms with E-state index in [1.165, 1.54) is 56.4 Å². The second-order valence-electron chi connectivity index (χ2n) is 13.0. The standard InChI is InChI=1S/C40H48O15/c1-6-7-8-9-10-11-12-16-21-47-29-19-20-30-31(22-29)52-39(46)36(54-38(45)28-17-14-13-15-18-28)33(30)55-40-37(51-27(5)44)35(50-26(4)43)34(49-25(3)42)32(53-40)23-48-24(2)41/h13-15,17-20,22,32,34-35,37,40H,6-12,16,21,23H2,1-5H3/t32-,34-,35+,37+,40-/m1/s1. The predicted molar refractivity (Wildman–Crippen MR) is 195 cm³/mol. The Bertz CT molecular complexity index is 1840. The third-order valence-electron chi connectivity index (χ3n) is 8.45. The third kappa shape index (κ3) is 12.6. The normalized spacial score (nSPS) is 19.2. The lowest BCUT2D eigenvalue weighted by atomic mass is 9.98. The van der Waals surface area contributed by atoms with Crippen molar-refractivity contribution < 1.29 is 66.3 Å². The van der Waals surface area contributed by atoms with Gasteiger partial charge in [0.25, 0.3) is 5.75 Å². The Morgan fingerprint density at radius 1 is 0.691 bits per heavy atom. The van der Waals surface area contributed by atoms with Crippen LogP contribution in [-0.2, 0) is 42.9 Å². The molecule has 2 heterocycles. The van der Waals surface area contributed by atoms with E-state index >= 15 is 0 Å². The first-order chi connectivity index (χ1) is 26.4. The first kappa shape index (κ1) is 42.3. The Balaban J connectivity index is 1.74. The van der Waals surface area contributed by atoms with Crippen LogP contribution in [0.4, 0.5) is 0 Å². The van der Waals surface area contributed by atoms with Gasteiger partial charge in [0.15, 0.2) is 18.0 Å². The van der Waals surface area contributed by atoms with E-state index in [9.17, 15) is 28.8 Å². The number of carbonyl (C=O) groups excluding carboxylic acids is 5. The number of hydrogen-bond donors (Lipinski definition) is 0. The number of rotatable bonds is 19. The molecule has 0 N–H and O–H groups in total. The summed E-state index contributed by atoms with van der Waals surface area (Å²) >= 11 is 0. The summed E-state index contributed by atoms with van der Waals surface area (Å²) in [4.78, 5) is 75.7. The largest absolute Gasteiger partial charge is 0.493 e. The van der Waals surface area contributed by atoms with Gasteiger partial charge in [0, 0.05) is 33.8 Å². The molecule has 2 aromatic carbocycles. The molecule has 5 atom stereocenters. The number of fused-ring (bicyclic) bond motifs is 1. The molecule has 15 nitrogen and oxygen atoms in total.